The van der Waals surface area contributed by atoms with E-state index in [-0.39, 0.29) is 43.9 Å². The van der Waals surface area contributed by atoms with Gasteiger partial charge in [-0.05, 0) is 0 Å². The van der Waals surface area contributed by atoms with Crippen molar-refractivity contribution in [2.75, 3.05) is 0 Å². The molecular formula is H3ArHeNO. The van der Waals surface area contributed by atoms with Crippen molar-refractivity contribution in [3.63, 3.8) is 0 Å². The summed E-state index contributed by atoms with van der Waals surface area (Å²) in [6.45, 7) is 0. The van der Waals surface area contributed by atoms with Crippen LogP contribution in [0, 0.1) is 43.9 Å². The van der Waals surface area contributed by atoms with E-state index >= 15 is 0 Å². The standard InChI is InChI=1S/Ar.He.H3NO/c;;1-2/h;;2H,1H2. The van der Waals surface area contributed by atoms with Gasteiger partial charge in [0.05, 0.1) is 0 Å². The van der Waals surface area contributed by atoms with Crippen LogP contribution in [0.25, 0.3) is 0 Å². The largest absolute Gasteiger partial charge is 0.320 e. The van der Waals surface area contributed by atoms with Gasteiger partial charge in [0.25, 0.3) is 0 Å². The molecule has 0 rings (SSSR count). The zero-order chi connectivity index (χ0) is 2.00. The number of nitrogens with two attached hydrogens (primary N) is 1. The Labute approximate surface area is 54.7 Å². The van der Waals surface area contributed by atoms with Crippen LogP contribution < -0.4 is 5.90 Å². The summed E-state index contributed by atoms with van der Waals surface area (Å²) in [7, 11) is 0. The SMILES string of the molecule is NO.[Ar].[He]. The first kappa shape index (κ1) is 19.5. The van der Waals surface area contributed by atoms with Crippen molar-refractivity contribution >= 4 is 0 Å². The molecule has 0 aliphatic heterocycles. The molecule has 2 nitrogen and oxygen atoms in total. The Bertz CT molecular complexity index is 8.00. The Hall–Kier alpha value is 1.09. The predicted octanol–water partition coefficient (Wildman–Crippen LogP) is -0.666. The average Bonchev–Trinajstić information content (AvgIpc) is 1.00. The monoisotopic (exact) mass is 77.0 g/mol. The van der Waals surface area contributed by atoms with Gasteiger partial charge >= 0.3 is 0 Å². The first-order valence-electron chi connectivity index (χ1n) is 0.258. The predicted molar refractivity (Wildman–Crippen MR) is 5.97 cm³/mol. The van der Waals surface area contributed by atoms with Gasteiger partial charge in [-0.2, -0.15) is 0 Å². The molecule has 4 heavy (non-hydrogen) atoms. The van der Waals surface area contributed by atoms with E-state index in [0.29, 0.717) is 0 Å². The molecule has 0 bridgehead atoms. The van der Waals surface area contributed by atoms with E-state index in [1.807, 2.05) is 0 Å². The molecule has 0 heterocycles. The quantitative estimate of drug-likeness (QED) is 0.377. The molecule has 24 valence electrons. The van der Waals surface area contributed by atoms with Crippen LogP contribution in [-0.4, -0.2) is 5.21 Å². The maximum atomic E-state index is 6.50. The molecule has 0 aromatic carbocycles. The van der Waals surface area contributed by atoms with Crippen LogP contribution in [0.3, 0.4) is 0 Å². The van der Waals surface area contributed by atoms with Gasteiger partial charge in [-0.3, -0.25) is 0 Å². The van der Waals surface area contributed by atoms with E-state index in [9.17, 15) is 0 Å². The maximum absolute atomic E-state index is 6.50. The molecule has 0 radical (unpaired) electrons. The third-order valence-corrected chi connectivity index (χ3v) is 0. The fourth-order valence-corrected chi connectivity index (χ4v) is 0. The Morgan fingerprint density at radius 3 is 1.25 bits per heavy atom. The van der Waals surface area contributed by atoms with E-state index in [0.717, 1.165) is 0 Å². The summed E-state index contributed by atoms with van der Waals surface area (Å²) in [6.07, 6.45) is 0. The smallest absolute Gasteiger partial charge is 0 e. The summed E-state index contributed by atoms with van der Waals surface area (Å²) in [6, 6.07) is 0. The van der Waals surface area contributed by atoms with E-state index < -0.39 is 0 Å². The van der Waals surface area contributed by atoms with Crippen molar-refractivity contribution in [3.8, 4) is 0 Å². The minimum atomic E-state index is 0. The molecule has 0 atom stereocenters. The van der Waals surface area contributed by atoms with Crippen LogP contribution >= 0.6 is 0 Å². The van der Waals surface area contributed by atoms with E-state index in [1.165, 1.54) is 0 Å². The third kappa shape index (κ3) is 11.4. The van der Waals surface area contributed by atoms with Crippen LogP contribution in [0.4, 0.5) is 0 Å². The first-order valence-corrected chi connectivity index (χ1v) is 0.258. The molecule has 0 spiro atoms. The number of hydrogen-bond donors (Lipinski definition) is 2. The Kier molecular flexibility index (Phi) is 160. The molecule has 0 saturated carbocycles. The van der Waals surface area contributed by atoms with Crippen LogP contribution in [0.2, 0.25) is 0 Å². The van der Waals surface area contributed by atoms with Crippen molar-refractivity contribution in [2.45, 2.75) is 0 Å². The normalized spacial score (nSPS) is 1.50. The Morgan fingerprint density at radius 2 is 1.25 bits per heavy atom. The van der Waals surface area contributed by atoms with Gasteiger partial charge in [-0.1, -0.05) is 0 Å². The minimum Gasteiger partial charge on any atom is -0.320 e. The minimum absolute atomic E-state index is 0. The summed E-state index contributed by atoms with van der Waals surface area (Å²) in [5.74, 6) is 3.50. The summed E-state index contributed by atoms with van der Waals surface area (Å²) in [5, 5.41) is 6.50. The van der Waals surface area contributed by atoms with Gasteiger partial charge in [0.1, 0.15) is 0 Å². The summed E-state index contributed by atoms with van der Waals surface area (Å²) < 4.78 is 0. The van der Waals surface area contributed by atoms with Crippen LogP contribution in [0.5, 0.6) is 0 Å². The van der Waals surface area contributed by atoms with Crippen LogP contribution in [0.15, 0.2) is 0 Å². The van der Waals surface area contributed by atoms with Gasteiger partial charge in [-0.15, -0.1) is 0 Å². The van der Waals surface area contributed by atoms with E-state index in [4.69, 9.17) is 5.21 Å². The maximum Gasteiger partial charge on any atom is 0 e. The summed E-state index contributed by atoms with van der Waals surface area (Å²) in [5.41, 5.74) is 0. The van der Waals surface area contributed by atoms with Gasteiger partial charge in [0.15, 0.2) is 0 Å². The van der Waals surface area contributed by atoms with Gasteiger partial charge in [-0.25, -0.2) is 5.90 Å². The van der Waals surface area contributed by atoms with Crippen molar-refractivity contribution in [3.05, 3.63) is 0 Å². The Balaban J connectivity index is -0.00000000500. The fraction of sp³-hybridized carbons (Fsp3) is 0. The average molecular weight is 77.0 g/mol. The second kappa shape index (κ2) is 32.9. The summed E-state index contributed by atoms with van der Waals surface area (Å²) in [4.78, 5) is 0. The number of rotatable bonds is 0. The second-order valence-electron chi connectivity index (χ2n) is 0. The van der Waals surface area contributed by atoms with Gasteiger partial charge in [0, 0.05) is 43.9 Å². The molecule has 0 saturated heterocycles. The van der Waals surface area contributed by atoms with Crippen molar-refractivity contribution in [1.82, 2.24) is 0 Å². The van der Waals surface area contributed by atoms with Crippen LogP contribution in [0.1, 0.15) is 0 Å². The molecule has 0 aromatic rings. The first-order chi connectivity index (χ1) is 1.00. The van der Waals surface area contributed by atoms with Crippen molar-refractivity contribution in [2.24, 2.45) is 5.90 Å². The third-order valence-electron chi connectivity index (χ3n) is 0. The summed E-state index contributed by atoms with van der Waals surface area (Å²) >= 11 is 0. The van der Waals surface area contributed by atoms with Crippen molar-refractivity contribution in [1.29, 1.82) is 0 Å². The second-order valence-corrected chi connectivity index (χ2v) is 0. The van der Waals surface area contributed by atoms with Gasteiger partial charge in [0.2, 0.25) is 0 Å². The Morgan fingerprint density at radius 1 is 1.25 bits per heavy atom. The molecule has 0 aliphatic carbocycles. The molecule has 4 heteroatoms. The zero-order valence-electron chi connectivity index (χ0n) is 2.09. The molecule has 0 amide bonds. The molecule has 3 N–H and O–H groups in total. The molecule has 0 aromatic heterocycles. The topological polar surface area (TPSA) is 46.2 Å². The number of hydrogen-bond acceptors (Lipinski definition) is 2. The molecule has 0 aliphatic rings. The molecule has 0 fully saturated rings. The fourth-order valence-electron chi connectivity index (χ4n) is 0. The van der Waals surface area contributed by atoms with Gasteiger partial charge < -0.3 is 5.21 Å². The van der Waals surface area contributed by atoms with Crippen LogP contribution in [-0.2, 0) is 0 Å². The van der Waals surface area contributed by atoms with E-state index in [2.05, 4.69) is 5.90 Å². The molecule has 0 unspecified atom stereocenters. The van der Waals surface area contributed by atoms with E-state index in [1.54, 1.807) is 0 Å². The zero-order valence-corrected chi connectivity index (χ0v) is 2.79. The molecular weight excluding hydrogens is 74.0 g/mol. The van der Waals surface area contributed by atoms with Crippen molar-refractivity contribution < 1.29 is 49.1 Å².